The van der Waals surface area contributed by atoms with Gasteiger partial charge in [-0.1, -0.05) is 140 Å². The van der Waals surface area contributed by atoms with Gasteiger partial charge in [-0.3, -0.25) is 0 Å². The first-order valence-electron chi connectivity index (χ1n) is 18.0. The average molecular weight is 694 g/mol. The maximum atomic E-state index is 6.68. The third kappa shape index (κ3) is 4.78. The van der Waals surface area contributed by atoms with Crippen molar-refractivity contribution in [1.29, 1.82) is 0 Å². The Morgan fingerprint density at radius 1 is 0.396 bits per heavy atom. The van der Waals surface area contributed by atoms with Gasteiger partial charge in [0.05, 0.1) is 11.1 Å². The quantitative estimate of drug-likeness (QED) is 0.178. The third-order valence-electron chi connectivity index (χ3n) is 10.7. The number of anilines is 3. The molecule has 0 spiro atoms. The Morgan fingerprint density at radius 3 is 1.87 bits per heavy atom. The minimum atomic E-state index is 0.877. The van der Waals surface area contributed by atoms with Gasteiger partial charge in [0.25, 0.3) is 0 Å². The van der Waals surface area contributed by atoms with Gasteiger partial charge in [-0.15, -0.1) is 11.3 Å². The summed E-state index contributed by atoms with van der Waals surface area (Å²) in [6, 6.07) is 68.0. The van der Waals surface area contributed by atoms with E-state index in [1.54, 1.807) is 0 Å². The summed E-state index contributed by atoms with van der Waals surface area (Å²) in [6.45, 7) is 0. The van der Waals surface area contributed by atoms with Crippen LogP contribution in [0.5, 0.6) is 0 Å². The largest absolute Gasteiger partial charge is 0.455 e. The van der Waals surface area contributed by atoms with E-state index in [0.29, 0.717) is 0 Å². The van der Waals surface area contributed by atoms with Crippen LogP contribution < -0.4 is 4.90 Å². The second-order valence-electron chi connectivity index (χ2n) is 13.7. The lowest BCUT2D eigenvalue weighted by Crippen LogP contribution is -2.10. The van der Waals surface area contributed by atoms with Crippen LogP contribution >= 0.6 is 11.3 Å². The molecule has 0 fully saturated rings. The molecule has 2 nitrogen and oxygen atoms in total. The molecule has 2 aromatic heterocycles. The molecule has 0 N–H and O–H groups in total. The molecule has 248 valence electrons. The first kappa shape index (κ1) is 30.0. The monoisotopic (exact) mass is 693 g/mol. The van der Waals surface area contributed by atoms with Gasteiger partial charge in [0, 0.05) is 42.3 Å². The van der Waals surface area contributed by atoms with E-state index in [1.165, 1.54) is 58.6 Å². The normalized spacial score (nSPS) is 11.8. The molecule has 53 heavy (non-hydrogen) atoms. The third-order valence-corrected chi connectivity index (χ3v) is 11.8. The van der Waals surface area contributed by atoms with Crippen LogP contribution in [0.3, 0.4) is 0 Å². The van der Waals surface area contributed by atoms with Crippen LogP contribution in [0.25, 0.3) is 85.9 Å². The number of furan rings is 1. The summed E-state index contributed by atoms with van der Waals surface area (Å²) in [5.74, 6) is 0. The fourth-order valence-electron chi connectivity index (χ4n) is 8.23. The summed E-state index contributed by atoms with van der Waals surface area (Å²) in [4.78, 5) is 2.40. The molecule has 2 heterocycles. The van der Waals surface area contributed by atoms with Gasteiger partial charge in [0.15, 0.2) is 0 Å². The van der Waals surface area contributed by atoms with Crippen molar-refractivity contribution in [2.45, 2.75) is 0 Å². The molecule has 0 unspecified atom stereocenters. The van der Waals surface area contributed by atoms with Crippen LogP contribution in [0.2, 0.25) is 0 Å². The van der Waals surface area contributed by atoms with Gasteiger partial charge in [0.1, 0.15) is 11.2 Å². The Hall–Kier alpha value is -6.68. The van der Waals surface area contributed by atoms with Gasteiger partial charge < -0.3 is 9.32 Å². The zero-order valence-electron chi connectivity index (χ0n) is 28.7. The predicted molar refractivity (Wildman–Crippen MR) is 227 cm³/mol. The molecule has 0 radical (unpaired) electrons. The maximum Gasteiger partial charge on any atom is 0.143 e. The molecular weight excluding hydrogens is 663 g/mol. The maximum absolute atomic E-state index is 6.68. The lowest BCUT2D eigenvalue weighted by atomic mass is 9.91. The lowest BCUT2D eigenvalue weighted by molar-refractivity contribution is 0.672. The van der Waals surface area contributed by atoms with Crippen molar-refractivity contribution in [1.82, 2.24) is 0 Å². The Labute approximate surface area is 310 Å². The van der Waals surface area contributed by atoms with Gasteiger partial charge >= 0.3 is 0 Å². The minimum Gasteiger partial charge on any atom is -0.455 e. The molecule has 0 aliphatic carbocycles. The minimum absolute atomic E-state index is 0.877. The van der Waals surface area contributed by atoms with Crippen molar-refractivity contribution in [3.63, 3.8) is 0 Å². The summed E-state index contributed by atoms with van der Waals surface area (Å²) in [7, 11) is 0. The molecule has 0 saturated heterocycles. The molecule has 11 rings (SSSR count). The molecule has 0 bridgehead atoms. The molecule has 9 aromatic carbocycles. The molecular formula is C50H31NOS. The summed E-state index contributed by atoms with van der Waals surface area (Å²) in [5.41, 5.74) is 9.94. The van der Waals surface area contributed by atoms with Crippen molar-refractivity contribution in [3.05, 3.63) is 188 Å². The molecule has 0 aliphatic rings. The fraction of sp³-hybridized carbons (Fsp3) is 0. The van der Waals surface area contributed by atoms with E-state index in [0.717, 1.165) is 44.4 Å². The smallest absolute Gasteiger partial charge is 0.143 e. The van der Waals surface area contributed by atoms with Crippen LogP contribution in [0.1, 0.15) is 0 Å². The zero-order chi connectivity index (χ0) is 34.9. The van der Waals surface area contributed by atoms with E-state index in [2.05, 4.69) is 193 Å². The number of hydrogen-bond acceptors (Lipinski definition) is 3. The number of fused-ring (bicyclic) bond motifs is 9. The average Bonchev–Trinajstić information content (AvgIpc) is 3.80. The SMILES string of the molecule is c1ccc(-c2cccc3cccc(-c4ccc(N(c5ccc6c(c5)sc5ccccc56)c5cccc6oc7c8ccccc8ccc7c56)cc4)c23)cc1. The number of hydrogen-bond donors (Lipinski definition) is 0. The first-order chi connectivity index (χ1) is 26.3. The van der Waals surface area contributed by atoms with Gasteiger partial charge in [-0.2, -0.15) is 0 Å². The van der Waals surface area contributed by atoms with Gasteiger partial charge in [-0.25, -0.2) is 0 Å². The Bertz CT molecular complexity index is 3170. The lowest BCUT2D eigenvalue weighted by Gasteiger charge is -2.26. The summed E-state index contributed by atoms with van der Waals surface area (Å²) in [6.07, 6.45) is 0. The first-order valence-corrected chi connectivity index (χ1v) is 18.8. The van der Waals surface area contributed by atoms with Crippen LogP contribution in [0.15, 0.2) is 192 Å². The number of rotatable bonds is 5. The fourth-order valence-corrected chi connectivity index (χ4v) is 9.37. The van der Waals surface area contributed by atoms with E-state index in [9.17, 15) is 0 Å². The van der Waals surface area contributed by atoms with Crippen molar-refractivity contribution in [2.75, 3.05) is 4.90 Å². The van der Waals surface area contributed by atoms with Gasteiger partial charge in [-0.05, 0) is 86.9 Å². The number of thiophene rings is 1. The van der Waals surface area contributed by atoms with Crippen LogP contribution in [-0.2, 0) is 0 Å². The molecule has 11 aromatic rings. The Kier molecular flexibility index (Phi) is 6.76. The van der Waals surface area contributed by atoms with E-state index in [-0.39, 0.29) is 0 Å². The van der Waals surface area contributed by atoms with Crippen LogP contribution in [0, 0.1) is 0 Å². The summed E-state index contributed by atoms with van der Waals surface area (Å²) >= 11 is 1.85. The summed E-state index contributed by atoms with van der Waals surface area (Å²) in [5, 5.41) is 9.60. The van der Waals surface area contributed by atoms with E-state index < -0.39 is 0 Å². The molecule has 0 amide bonds. The molecule has 0 aliphatic heterocycles. The van der Waals surface area contributed by atoms with E-state index >= 15 is 0 Å². The van der Waals surface area contributed by atoms with E-state index in [4.69, 9.17) is 4.42 Å². The highest BCUT2D eigenvalue weighted by molar-refractivity contribution is 7.25. The van der Waals surface area contributed by atoms with E-state index in [1.807, 2.05) is 11.3 Å². The Balaban J connectivity index is 1.12. The zero-order valence-corrected chi connectivity index (χ0v) is 29.5. The second-order valence-corrected chi connectivity index (χ2v) is 14.7. The molecule has 0 atom stereocenters. The highest BCUT2D eigenvalue weighted by Gasteiger charge is 2.21. The van der Waals surface area contributed by atoms with Crippen LogP contribution in [0.4, 0.5) is 17.1 Å². The number of nitrogens with zero attached hydrogens (tertiary/aromatic N) is 1. The topological polar surface area (TPSA) is 16.4 Å². The summed E-state index contributed by atoms with van der Waals surface area (Å²) < 4.78 is 9.25. The van der Waals surface area contributed by atoms with Gasteiger partial charge in [0.2, 0.25) is 0 Å². The predicted octanol–water partition coefficient (Wildman–Crippen LogP) is 15.1. The van der Waals surface area contributed by atoms with Crippen molar-refractivity contribution < 1.29 is 4.42 Å². The van der Waals surface area contributed by atoms with Crippen molar-refractivity contribution in [2.24, 2.45) is 0 Å². The molecule has 3 heteroatoms. The van der Waals surface area contributed by atoms with Crippen molar-refractivity contribution >= 4 is 92.1 Å². The highest BCUT2D eigenvalue weighted by atomic mass is 32.1. The van der Waals surface area contributed by atoms with Crippen LogP contribution in [-0.4, -0.2) is 0 Å². The second kappa shape index (κ2) is 11.9. The molecule has 0 saturated carbocycles. The van der Waals surface area contributed by atoms with Crippen molar-refractivity contribution in [3.8, 4) is 22.3 Å². The standard InChI is InChI=1S/C50H31NOS/c1-2-11-32(12-3-1)38-18-8-14-35-15-9-19-39(48(35)38)34-23-26-36(27-24-34)51(37-28-30-42-41-17-6-7-22-46(41)53-47(42)31-37)44-20-10-21-45-49(44)43-29-25-33-13-4-5-16-40(33)50(43)52-45/h1-31H. The highest BCUT2D eigenvalue weighted by Crippen LogP contribution is 2.46. The number of benzene rings is 9. The Morgan fingerprint density at radius 2 is 1.04 bits per heavy atom.